The molecular weight excluding hydrogens is 452 g/mol. The Labute approximate surface area is 191 Å². The molecule has 0 amide bonds. The maximum Gasteiger partial charge on any atom is 0.330 e. The largest absolute Gasteiger partial charge is 0.393 e. The van der Waals surface area contributed by atoms with Crippen LogP contribution in [0, 0.1) is 6.92 Å². The van der Waals surface area contributed by atoms with Crippen molar-refractivity contribution in [2.45, 2.75) is 43.8 Å². The molecular formula is C22H28N2O8S. The number of nitrogens with one attached hydrogen (secondary N) is 1. The standard InChI is InChI=1S/C22H28N2O8S/c1-4-10-21(30-13-17-8-6-5-7-9-17)11-18(24-12-16(2)19(26)23-20(24)27)32-22(21,14-25)15-31-33(3,28)29/h4-9,12,18,25H,1,10-11,13-15H2,2-3H3,(H,23,26,27)/t18-,21-,22-/m1/s1. The van der Waals surface area contributed by atoms with Crippen LogP contribution in [-0.4, -0.2) is 53.7 Å². The third-order valence-electron chi connectivity index (χ3n) is 5.75. The predicted octanol–water partition coefficient (Wildman–Crippen LogP) is 1.00. The smallest absolute Gasteiger partial charge is 0.330 e. The van der Waals surface area contributed by atoms with Crippen molar-refractivity contribution < 1.29 is 27.2 Å². The molecule has 0 unspecified atom stereocenters. The highest BCUT2D eigenvalue weighted by Gasteiger charge is 2.61. The third-order valence-corrected chi connectivity index (χ3v) is 6.29. The number of benzene rings is 1. The topological polar surface area (TPSA) is 137 Å². The molecule has 0 aliphatic carbocycles. The molecule has 2 N–H and O–H groups in total. The number of aromatic nitrogens is 2. The first kappa shape index (κ1) is 25.1. The van der Waals surface area contributed by atoms with Crippen LogP contribution in [0.2, 0.25) is 0 Å². The second-order valence-corrected chi connectivity index (χ2v) is 9.78. The van der Waals surface area contributed by atoms with Gasteiger partial charge in [0.05, 0.1) is 19.5 Å². The number of hydrogen-bond donors (Lipinski definition) is 2. The van der Waals surface area contributed by atoms with E-state index in [1.54, 1.807) is 13.0 Å². The molecule has 1 aliphatic heterocycles. The van der Waals surface area contributed by atoms with E-state index in [1.165, 1.54) is 10.8 Å². The van der Waals surface area contributed by atoms with Crippen molar-refractivity contribution in [3.05, 3.63) is 81.1 Å². The predicted molar refractivity (Wildman–Crippen MR) is 120 cm³/mol. The summed E-state index contributed by atoms with van der Waals surface area (Å²) in [6, 6.07) is 9.28. The van der Waals surface area contributed by atoms with Crippen LogP contribution in [0.3, 0.4) is 0 Å². The molecule has 1 aromatic carbocycles. The molecule has 2 heterocycles. The summed E-state index contributed by atoms with van der Waals surface area (Å²) in [5.74, 6) is 0. The molecule has 11 heteroatoms. The van der Waals surface area contributed by atoms with Crippen molar-refractivity contribution in [2.75, 3.05) is 19.5 Å². The molecule has 1 saturated heterocycles. The number of aliphatic hydroxyl groups excluding tert-OH is 1. The second-order valence-electron chi connectivity index (χ2n) is 8.14. The lowest BCUT2D eigenvalue weighted by Crippen LogP contribution is -2.58. The highest BCUT2D eigenvalue weighted by atomic mass is 32.2. The van der Waals surface area contributed by atoms with E-state index in [0.29, 0.717) is 0 Å². The van der Waals surface area contributed by atoms with E-state index in [-0.39, 0.29) is 25.0 Å². The van der Waals surface area contributed by atoms with Crippen molar-refractivity contribution in [3.63, 3.8) is 0 Å². The SMILES string of the molecule is C=CC[C@@]1(OCc2ccccc2)C[C@H](n2cc(C)c(=O)[nH]c2=O)O[C@]1(CO)COS(C)(=O)=O. The van der Waals surface area contributed by atoms with Crippen LogP contribution in [0.25, 0.3) is 0 Å². The Morgan fingerprint density at radius 1 is 1.33 bits per heavy atom. The van der Waals surface area contributed by atoms with Crippen LogP contribution in [-0.2, 0) is 30.4 Å². The van der Waals surface area contributed by atoms with Crippen molar-refractivity contribution >= 4 is 10.1 Å². The van der Waals surface area contributed by atoms with Crippen molar-refractivity contribution in [2.24, 2.45) is 0 Å². The molecule has 1 aliphatic rings. The Balaban J connectivity index is 2.07. The summed E-state index contributed by atoms with van der Waals surface area (Å²) in [7, 11) is -3.88. The zero-order valence-electron chi connectivity index (χ0n) is 18.5. The number of nitrogens with zero attached hydrogens (tertiary/aromatic N) is 1. The molecule has 3 atom stereocenters. The molecule has 0 saturated carbocycles. The number of aryl methyl sites for hydroxylation is 1. The van der Waals surface area contributed by atoms with Gasteiger partial charge in [-0.3, -0.25) is 18.5 Å². The summed E-state index contributed by atoms with van der Waals surface area (Å²) in [4.78, 5) is 26.6. The minimum absolute atomic E-state index is 0.0604. The van der Waals surface area contributed by atoms with Gasteiger partial charge in [0.2, 0.25) is 0 Å². The number of H-pyrrole nitrogens is 1. The number of ether oxygens (including phenoxy) is 2. The van der Waals surface area contributed by atoms with E-state index in [9.17, 15) is 23.1 Å². The molecule has 180 valence electrons. The molecule has 0 spiro atoms. The van der Waals surface area contributed by atoms with E-state index in [0.717, 1.165) is 11.8 Å². The minimum Gasteiger partial charge on any atom is -0.393 e. The molecule has 1 aromatic heterocycles. The molecule has 3 rings (SSSR count). The Hall–Kier alpha value is -2.57. The van der Waals surface area contributed by atoms with E-state index in [2.05, 4.69) is 11.6 Å². The summed E-state index contributed by atoms with van der Waals surface area (Å²) in [5.41, 5.74) is -3.04. The lowest BCUT2D eigenvalue weighted by molar-refractivity contribution is -0.201. The van der Waals surface area contributed by atoms with Gasteiger partial charge in [-0.15, -0.1) is 6.58 Å². The fraction of sp³-hybridized carbons (Fsp3) is 0.455. The van der Waals surface area contributed by atoms with Crippen LogP contribution < -0.4 is 11.2 Å². The fourth-order valence-corrected chi connectivity index (χ4v) is 4.38. The van der Waals surface area contributed by atoms with Crippen LogP contribution in [0.15, 0.2) is 58.8 Å². The summed E-state index contributed by atoms with van der Waals surface area (Å²) < 4.78 is 42.2. The van der Waals surface area contributed by atoms with Crippen LogP contribution in [0.4, 0.5) is 0 Å². The number of rotatable bonds is 10. The number of aromatic amines is 1. The molecule has 1 fully saturated rings. The lowest BCUT2D eigenvalue weighted by Gasteiger charge is -2.42. The molecule has 0 radical (unpaired) electrons. The van der Waals surface area contributed by atoms with Crippen LogP contribution >= 0.6 is 0 Å². The van der Waals surface area contributed by atoms with E-state index >= 15 is 0 Å². The normalized spacial score (nSPS) is 25.2. The van der Waals surface area contributed by atoms with Gasteiger partial charge in [-0.1, -0.05) is 36.4 Å². The molecule has 33 heavy (non-hydrogen) atoms. The van der Waals surface area contributed by atoms with Gasteiger partial charge in [-0.05, 0) is 18.9 Å². The Kier molecular flexibility index (Phi) is 7.39. The highest BCUT2D eigenvalue weighted by molar-refractivity contribution is 7.85. The minimum atomic E-state index is -3.88. The van der Waals surface area contributed by atoms with Crippen molar-refractivity contribution in [3.8, 4) is 0 Å². The van der Waals surface area contributed by atoms with Gasteiger partial charge < -0.3 is 14.6 Å². The number of hydrogen-bond acceptors (Lipinski definition) is 8. The molecule has 2 aromatic rings. The molecule has 0 bridgehead atoms. The van der Waals surface area contributed by atoms with Crippen molar-refractivity contribution in [1.29, 1.82) is 0 Å². The first-order valence-electron chi connectivity index (χ1n) is 10.3. The monoisotopic (exact) mass is 480 g/mol. The first-order chi connectivity index (χ1) is 15.5. The first-order valence-corrected chi connectivity index (χ1v) is 12.1. The van der Waals surface area contributed by atoms with E-state index in [1.807, 2.05) is 30.3 Å². The zero-order chi connectivity index (χ0) is 24.3. The summed E-state index contributed by atoms with van der Waals surface area (Å²) in [6.07, 6.45) is 3.07. The summed E-state index contributed by atoms with van der Waals surface area (Å²) >= 11 is 0. The summed E-state index contributed by atoms with van der Waals surface area (Å²) in [5, 5.41) is 10.4. The quantitative estimate of drug-likeness (QED) is 0.380. The van der Waals surface area contributed by atoms with Crippen LogP contribution in [0.1, 0.15) is 30.2 Å². The lowest BCUT2D eigenvalue weighted by atomic mass is 9.80. The van der Waals surface area contributed by atoms with Gasteiger partial charge in [0.25, 0.3) is 15.7 Å². The Bertz CT molecular complexity index is 1210. The fourth-order valence-electron chi connectivity index (χ4n) is 3.98. The third kappa shape index (κ3) is 5.33. The van der Waals surface area contributed by atoms with Gasteiger partial charge in [0, 0.05) is 18.2 Å². The average Bonchev–Trinajstić information content (AvgIpc) is 3.08. The molecule has 10 nitrogen and oxygen atoms in total. The summed E-state index contributed by atoms with van der Waals surface area (Å²) in [6.45, 7) is 4.25. The Morgan fingerprint density at radius 3 is 2.64 bits per heavy atom. The van der Waals surface area contributed by atoms with E-state index < -0.39 is 52.0 Å². The van der Waals surface area contributed by atoms with Crippen molar-refractivity contribution in [1.82, 2.24) is 9.55 Å². The van der Waals surface area contributed by atoms with Crippen LogP contribution in [0.5, 0.6) is 0 Å². The van der Waals surface area contributed by atoms with Gasteiger partial charge in [-0.2, -0.15) is 8.42 Å². The van der Waals surface area contributed by atoms with Gasteiger partial charge in [-0.25, -0.2) is 4.79 Å². The Morgan fingerprint density at radius 2 is 2.03 bits per heavy atom. The van der Waals surface area contributed by atoms with Gasteiger partial charge in [0.15, 0.2) is 0 Å². The maximum atomic E-state index is 12.5. The van der Waals surface area contributed by atoms with Gasteiger partial charge in [0.1, 0.15) is 24.0 Å². The maximum absolute atomic E-state index is 12.5. The second kappa shape index (κ2) is 9.74. The average molecular weight is 481 g/mol. The zero-order valence-corrected chi connectivity index (χ0v) is 19.3. The number of aliphatic hydroxyl groups is 1. The van der Waals surface area contributed by atoms with Gasteiger partial charge >= 0.3 is 5.69 Å². The highest BCUT2D eigenvalue weighted by Crippen LogP contribution is 2.49. The van der Waals surface area contributed by atoms with E-state index in [4.69, 9.17) is 13.7 Å².